The van der Waals surface area contributed by atoms with Gasteiger partial charge in [0.25, 0.3) is 0 Å². The molecule has 2 nitrogen and oxygen atoms in total. The third-order valence-corrected chi connectivity index (χ3v) is 7.29. The monoisotopic (exact) mass is 486 g/mol. The minimum absolute atomic E-state index is 1.13. The second kappa shape index (κ2) is 5.07. The molecule has 0 fully saturated rings. The summed E-state index contributed by atoms with van der Waals surface area (Å²) in [4.78, 5) is 0. The number of nitrogens with zero attached hydrogens (tertiary/aromatic N) is 2. The van der Waals surface area contributed by atoms with Crippen LogP contribution in [-0.2, 0) is 0 Å². The van der Waals surface area contributed by atoms with Crippen molar-refractivity contribution in [2.75, 3.05) is 0 Å². The minimum Gasteiger partial charge on any atom is -0.305 e. The fraction of sp³-hybridized carbons (Fsp3) is 0. The maximum absolute atomic E-state index is 3.82. The van der Waals surface area contributed by atoms with Crippen molar-refractivity contribution >= 4 is 86.5 Å². The third-order valence-electron chi connectivity index (χ3n) is 5.97. The summed E-state index contributed by atoms with van der Waals surface area (Å²) in [7, 11) is 0. The summed E-state index contributed by atoms with van der Waals surface area (Å²) in [5, 5.41) is 5.09. The van der Waals surface area contributed by atoms with Crippen molar-refractivity contribution < 1.29 is 0 Å². The zero-order valence-electron chi connectivity index (χ0n) is 14.6. The van der Waals surface area contributed by atoms with Crippen LogP contribution in [0, 0.1) is 0 Å². The number of hydrogen-bond donors (Lipinski definition) is 0. The summed E-state index contributed by atoms with van der Waals surface area (Å²) in [6.07, 6.45) is 0. The Morgan fingerprint density at radius 2 is 0.893 bits per heavy atom. The Hall–Kier alpha value is -2.56. The highest BCUT2D eigenvalue weighted by molar-refractivity contribution is 9.11. The van der Waals surface area contributed by atoms with Crippen molar-refractivity contribution in [3.63, 3.8) is 0 Å². The lowest BCUT2D eigenvalue weighted by molar-refractivity contribution is 1.25. The minimum atomic E-state index is 1.13. The van der Waals surface area contributed by atoms with Crippen LogP contribution in [0.3, 0.4) is 0 Å². The first-order valence-electron chi connectivity index (χ1n) is 9.20. The predicted octanol–water partition coefficient (Wildman–Crippen LogP) is 7.77. The molecule has 0 bridgehead atoms. The van der Waals surface area contributed by atoms with E-state index in [9.17, 15) is 0 Å². The highest BCUT2D eigenvalue weighted by Gasteiger charge is 2.22. The van der Waals surface area contributed by atoms with Gasteiger partial charge in [0.05, 0.1) is 33.1 Å². The number of para-hydroxylation sites is 2. The van der Waals surface area contributed by atoms with E-state index < -0.39 is 0 Å². The van der Waals surface area contributed by atoms with Gasteiger partial charge in [-0.3, -0.25) is 0 Å². The molecule has 7 rings (SSSR count). The van der Waals surface area contributed by atoms with E-state index >= 15 is 0 Å². The summed E-state index contributed by atoms with van der Waals surface area (Å²) >= 11 is 7.64. The molecule has 0 aliphatic heterocycles. The lowest BCUT2D eigenvalue weighted by atomic mass is 10.1. The smallest absolute Gasteiger partial charge is 0.0794 e. The van der Waals surface area contributed by atoms with Crippen molar-refractivity contribution in [2.45, 2.75) is 0 Å². The Morgan fingerprint density at radius 1 is 0.464 bits per heavy atom. The normalized spacial score (nSPS) is 12.6. The van der Waals surface area contributed by atoms with Crippen LogP contribution >= 0.6 is 31.9 Å². The summed E-state index contributed by atoms with van der Waals surface area (Å²) in [6.45, 7) is 0. The molecule has 0 aliphatic rings. The molecule has 0 atom stereocenters. The highest BCUT2D eigenvalue weighted by atomic mass is 79.9. The summed E-state index contributed by atoms with van der Waals surface area (Å²) in [5.74, 6) is 0. The van der Waals surface area contributed by atoms with Gasteiger partial charge in [0, 0.05) is 30.5 Å². The lowest BCUT2D eigenvalue weighted by Gasteiger charge is -2.12. The van der Waals surface area contributed by atoms with Gasteiger partial charge in [0.1, 0.15) is 0 Å². The van der Waals surface area contributed by atoms with Crippen molar-refractivity contribution in [3.8, 4) is 0 Å². The van der Waals surface area contributed by atoms with E-state index in [4.69, 9.17) is 0 Å². The van der Waals surface area contributed by atoms with Crippen LogP contribution in [0.1, 0.15) is 0 Å². The number of aromatic nitrogens is 2. The van der Waals surface area contributed by atoms with Crippen LogP contribution < -0.4 is 0 Å². The molecule has 0 spiro atoms. The highest BCUT2D eigenvalue weighted by Crippen LogP contribution is 2.44. The van der Waals surface area contributed by atoms with Crippen LogP contribution in [-0.4, -0.2) is 8.80 Å². The second-order valence-corrected chi connectivity index (χ2v) is 8.99. The molecule has 0 radical (unpaired) electrons. The first-order chi connectivity index (χ1) is 13.8. The third kappa shape index (κ3) is 1.62. The molecule has 0 aliphatic carbocycles. The molecule has 0 saturated carbocycles. The van der Waals surface area contributed by atoms with Crippen molar-refractivity contribution in [1.29, 1.82) is 0 Å². The fourth-order valence-corrected chi connectivity index (χ4v) is 6.01. The van der Waals surface area contributed by atoms with Crippen molar-refractivity contribution in [2.24, 2.45) is 0 Å². The standard InChI is InChI=1S/C24H12Br2N2/c25-15-9-11-19-23-21(15)13-5-1-3-7-17(13)27(23)20-12-10-16(26)22-14-6-2-4-8-18(14)28(19)24(20)22/h1-12H. The second-order valence-electron chi connectivity index (χ2n) is 7.29. The van der Waals surface area contributed by atoms with E-state index in [1.54, 1.807) is 0 Å². The van der Waals surface area contributed by atoms with E-state index in [1.807, 2.05) is 0 Å². The predicted molar refractivity (Wildman–Crippen MR) is 125 cm³/mol. The van der Waals surface area contributed by atoms with E-state index in [0.29, 0.717) is 0 Å². The Balaban J connectivity index is 2.01. The average molecular weight is 488 g/mol. The number of fused-ring (bicyclic) bond motifs is 8. The molecule has 132 valence electrons. The molecule has 3 aromatic heterocycles. The first-order valence-corrected chi connectivity index (χ1v) is 10.8. The molecule has 0 amide bonds. The van der Waals surface area contributed by atoms with Gasteiger partial charge in [0.15, 0.2) is 0 Å². The van der Waals surface area contributed by atoms with E-state index in [0.717, 1.165) is 8.95 Å². The zero-order chi connectivity index (χ0) is 18.6. The number of hydrogen-bond acceptors (Lipinski definition) is 0. The summed E-state index contributed by atoms with van der Waals surface area (Å²) in [5.41, 5.74) is 7.45. The molecule has 0 saturated heterocycles. The van der Waals surface area contributed by atoms with E-state index in [2.05, 4.69) is 113 Å². The van der Waals surface area contributed by atoms with Gasteiger partial charge in [0.2, 0.25) is 0 Å². The van der Waals surface area contributed by atoms with Gasteiger partial charge in [-0.1, -0.05) is 68.3 Å². The number of halogens is 2. The van der Waals surface area contributed by atoms with Gasteiger partial charge >= 0.3 is 0 Å². The molecule has 4 aromatic carbocycles. The zero-order valence-corrected chi connectivity index (χ0v) is 17.8. The van der Waals surface area contributed by atoms with Crippen molar-refractivity contribution in [1.82, 2.24) is 8.80 Å². The van der Waals surface area contributed by atoms with E-state index in [-0.39, 0.29) is 0 Å². The fourth-order valence-electron chi connectivity index (χ4n) is 4.94. The lowest BCUT2D eigenvalue weighted by Crippen LogP contribution is -1.97. The van der Waals surface area contributed by atoms with E-state index in [1.165, 1.54) is 54.6 Å². The maximum Gasteiger partial charge on any atom is 0.0794 e. The Bertz CT molecular complexity index is 1610. The molecule has 3 heterocycles. The molecule has 4 heteroatoms. The van der Waals surface area contributed by atoms with Crippen LogP contribution in [0.5, 0.6) is 0 Å². The number of rotatable bonds is 0. The molecular formula is C24H12Br2N2. The molecule has 7 aromatic rings. The Morgan fingerprint density at radius 3 is 1.36 bits per heavy atom. The largest absolute Gasteiger partial charge is 0.305 e. The SMILES string of the molecule is Brc1ccc2c3c1c1ccccc1n3c1ccc(Br)c3c4ccccc4n2c31. The van der Waals surface area contributed by atoms with Gasteiger partial charge in [-0.15, -0.1) is 0 Å². The Kier molecular flexibility index (Phi) is 2.79. The quantitative estimate of drug-likeness (QED) is 0.193. The summed E-state index contributed by atoms with van der Waals surface area (Å²) < 4.78 is 7.13. The Labute approximate surface area is 176 Å². The molecule has 0 unspecified atom stereocenters. The maximum atomic E-state index is 3.82. The molecule has 28 heavy (non-hydrogen) atoms. The van der Waals surface area contributed by atoms with Gasteiger partial charge in [-0.05, 0) is 36.4 Å². The molecule has 0 N–H and O–H groups in total. The van der Waals surface area contributed by atoms with Crippen LogP contribution in [0.4, 0.5) is 0 Å². The number of benzene rings is 4. The molecular weight excluding hydrogens is 476 g/mol. The summed E-state index contributed by atoms with van der Waals surface area (Å²) in [6, 6.07) is 26.2. The van der Waals surface area contributed by atoms with Crippen molar-refractivity contribution in [3.05, 3.63) is 81.7 Å². The van der Waals surface area contributed by atoms with Gasteiger partial charge in [-0.2, -0.15) is 0 Å². The average Bonchev–Trinajstić information content (AvgIpc) is 3.25. The van der Waals surface area contributed by atoms with Crippen LogP contribution in [0.15, 0.2) is 81.7 Å². The van der Waals surface area contributed by atoms with Gasteiger partial charge in [-0.25, -0.2) is 0 Å². The topological polar surface area (TPSA) is 8.82 Å². The van der Waals surface area contributed by atoms with Gasteiger partial charge < -0.3 is 8.80 Å². The van der Waals surface area contributed by atoms with Crippen LogP contribution in [0.2, 0.25) is 0 Å². The first kappa shape index (κ1) is 15.4. The van der Waals surface area contributed by atoms with Crippen LogP contribution in [0.25, 0.3) is 54.6 Å².